The molecule has 0 atom stereocenters. The summed E-state index contributed by atoms with van der Waals surface area (Å²) in [4.78, 5) is 14.0. The summed E-state index contributed by atoms with van der Waals surface area (Å²) in [5.74, 6) is 0.863. The maximum absolute atomic E-state index is 13.5. The molecule has 0 aliphatic rings. The van der Waals surface area contributed by atoms with E-state index in [-0.39, 0.29) is 18.3 Å². The number of nitrogens with one attached hydrogen (secondary N) is 1. The van der Waals surface area contributed by atoms with Crippen LogP contribution in [0.3, 0.4) is 0 Å². The molecule has 0 spiro atoms. The highest BCUT2D eigenvalue weighted by atomic mass is 19.1. The molecule has 0 aromatic heterocycles. The Morgan fingerprint density at radius 2 is 1.92 bits per heavy atom. The Kier molecular flexibility index (Phi) is 6.36. The number of carbonyl (C=O) groups is 1. The first-order chi connectivity index (χ1) is 11.9. The number of halogens is 1. The Balaban J connectivity index is 1.96. The van der Waals surface area contributed by atoms with Gasteiger partial charge < -0.3 is 14.8 Å². The molecule has 0 radical (unpaired) electrons. The van der Waals surface area contributed by atoms with Gasteiger partial charge in [-0.15, -0.1) is 0 Å². The van der Waals surface area contributed by atoms with Crippen molar-refractivity contribution in [1.82, 2.24) is 4.90 Å². The van der Waals surface area contributed by atoms with Gasteiger partial charge in [-0.2, -0.15) is 0 Å². The van der Waals surface area contributed by atoms with Crippen LogP contribution in [-0.2, 0) is 11.3 Å². The summed E-state index contributed by atoms with van der Waals surface area (Å²) >= 11 is 0. The van der Waals surface area contributed by atoms with Crippen LogP contribution in [0.15, 0.2) is 36.4 Å². The summed E-state index contributed by atoms with van der Waals surface area (Å²) in [6.07, 6.45) is 0. The predicted octanol–water partition coefficient (Wildman–Crippen LogP) is 3.22. The number of benzene rings is 2. The summed E-state index contributed by atoms with van der Waals surface area (Å²) < 4.78 is 24.1. The number of ether oxygens (including phenoxy) is 2. The Hall–Kier alpha value is -2.60. The number of amides is 1. The van der Waals surface area contributed by atoms with E-state index in [1.165, 1.54) is 6.07 Å². The molecule has 2 aromatic carbocycles. The quantitative estimate of drug-likeness (QED) is 0.836. The third kappa shape index (κ3) is 5.19. The predicted molar refractivity (Wildman–Crippen MR) is 95.6 cm³/mol. The van der Waals surface area contributed by atoms with Gasteiger partial charge in [0.25, 0.3) is 0 Å². The molecular weight excluding hydrogens is 323 g/mol. The first kappa shape index (κ1) is 18.7. The molecule has 1 amide bonds. The monoisotopic (exact) mass is 346 g/mol. The summed E-state index contributed by atoms with van der Waals surface area (Å²) in [6, 6.07) is 10.2. The molecule has 0 unspecified atom stereocenters. The van der Waals surface area contributed by atoms with Crippen molar-refractivity contribution < 1.29 is 18.7 Å². The minimum absolute atomic E-state index is 0.171. The number of carbonyl (C=O) groups excluding carboxylic acids is 1. The molecule has 5 nitrogen and oxygen atoms in total. The molecule has 25 heavy (non-hydrogen) atoms. The number of hydrogen-bond donors (Lipinski definition) is 1. The number of aryl methyl sites for hydroxylation is 1. The lowest BCUT2D eigenvalue weighted by molar-refractivity contribution is -0.117. The van der Waals surface area contributed by atoms with E-state index in [1.807, 2.05) is 24.1 Å². The number of likely N-dealkylation sites (N-methyl/N-ethyl adjacent to an activating group) is 1. The molecule has 6 heteroatoms. The van der Waals surface area contributed by atoms with Crippen molar-refractivity contribution in [3.05, 3.63) is 53.3 Å². The third-order valence-electron chi connectivity index (χ3n) is 3.80. The summed E-state index contributed by atoms with van der Waals surface area (Å²) in [7, 11) is 5.02. The normalized spacial score (nSPS) is 10.6. The Morgan fingerprint density at radius 3 is 2.56 bits per heavy atom. The molecule has 1 N–H and O–H groups in total. The van der Waals surface area contributed by atoms with Crippen LogP contribution in [0.1, 0.15) is 11.1 Å². The van der Waals surface area contributed by atoms with Crippen molar-refractivity contribution in [2.45, 2.75) is 13.5 Å². The van der Waals surface area contributed by atoms with Crippen LogP contribution < -0.4 is 14.8 Å². The molecule has 0 saturated heterocycles. The van der Waals surface area contributed by atoms with Crippen molar-refractivity contribution in [2.24, 2.45) is 0 Å². The van der Waals surface area contributed by atoms with Gasteiger partial charge in [0.05, 0.1) is 20.8 Å². The highest BCUT2D eigenvalue weighted by molar-refractivity contribution is 5.92. The largest absolute Gasteiger partial charge is 0.497 e. The SMILES string of the molecule is COc1ccc(CN(C)CC(=O)Nc2ccc(C)c(F)c2)c(OC)c1. The van der Waals surface area contributed by atoms with Gasteiger partial charge in [0.15, 0.2) is 0 Å². The lowest BCUT2D eigenvalue weighted by Crippen LogP contribution is -2.30. The van der Waals surface area contributed by atoms with E-state index in [2.05, 4.69) is 5.32 Å². The first-order valence-corrected chi connectivity index (χ1v) is 7.88. The van der Waals surface area contributed by atoms with Crippen molar-refractivity contribution >= 4 is 11.6 Å². The summed E-state index contributed by atoms with van der Waals surface area (Å²) in [5, 5.41) is 2.70. The molecule has 134 valence electrons. The number of rotatable bonds is 7. The summed E-state index contributed by atoms with van der Waals surface area (Å²) in [5.41, 5.74) is 1.94. The molecular formula is C19H23FN2O3. The van der Waals surface area contributed by atoms with Crippen LogP contribution in [0.25, 0.3) is 0 Å². The Morgan fingerprint density at radius 1 is 1.16 bits per heavy atom. The zero-order valence-electron chi connectivity index (χ0n) is 14.9. The fourth-order valence-corrected chi connectivity index (χ4v) is 2.45. The molecule has 0 bridgehead atoms. The molecule has 0 fully saturated rings. The van der Waals surface area contributed by atoms with Crippen molar-refractivity contribution in [2.75, 3.05) is 33.1 Å². The van der Waals surface area contributed by atoms with Crippen LogP contribution in [0.2, 0.25) is 0 Å². The van der Waals surface area contributed by atoms with Crippen LogP contribution in [0.4, 0.5) is 10.1 Å². The number of methoxy groups -OCH3 is 2. The minimum atomic E-state index is -0.339. The molecule has 0 saturated carbocycles. The van der Waals surface area contributed by atoms with Gasteiger partial charge in [0, 0.05) is 23.9 Å². The molecule has 0 heterocycles. The van der Waals surface area contributed by atoms with Gasteiger partial charge in [0.1, 0.15) is 17.3 Å². The second kappa shape index (κ2) is 8.48. The third-order valence-corrected chi connectivity index (χ3v) is 3.80. The fourth-order valence-electron chi connectivity index (χ4n) is 2.45. The zero-order valence-corrected chi connectivity index (χ0v) is 14.9. The molecule has 0 aliphatic carbocycles. The second-order valence-electron chi connectivity index (χ2n) is 5.86. The van der Waals surface area contributed by atoms with E-state index in [0.717, 1.165) is 5.56 Å². The number of nitrogens with zero attached hydrogens (tertiary/aromatic N) is 1. The van der Waals surface area contributed by atoms with Gasteiger partial charge in [-0.05, 0) is 37.7 Å². The van der Waals surface area contributed by atoms with Gasteiger partial charge in [0.2, 0.25) is 5.91 Å². The first-order valence-electron chi connectivity index (χ1n) is 7.88. The highest BCUT2D eigenvalue weighted by Crippen LogP contribution is 2.25. The standard InChI is InChI=1S/C19H23FN2O3/c1-13-5-7-15(9-17(13)20)21-19(23)12-22(2)11-14-6-8-16(24-3)10-18(14)25-4/h5-10H,11-12H2,1-4H3,(H,21,23). The smallest absolute Gasteiger partial charge is 0.238 e. The molecule has 2 rings (SSSR count). The summed E-state index contributed by atoms with van der Waals surface area (Å²) in [6.45, 7) is 2.38. The lowest BCUT2D eigenvalue weighted by atomic mass is 10.1. The average Bonchev–Trinajstić information content (AvgIpc) is 2.58. The van der Waals surface area contributed by atoms with Crippen LogP contribution >= 0.6 is 0 Å². The van der Waals surface area contributed by atoms with Gasteiger partial charge in [-0.3, -0.25) is 9.69 Å². The van der Waals surface area contributed by atoms with Crippen molar-refractivity contribution in [1.29, 1.82) is 0 Å². The lowest BCUT2D eigenvalue weighted by Gasteiger charge is -2.18. The second-order valence-corrected chi connectivity index (χ2v) is 5.86. The number of anilines is 1. The van der Waals surface area contributed by atoms with Gasteiger partial charge >= 0.3 is 0 Å². The topological polar surface area (TPSA) is 50.8 Å². The van der Waals surface area contributed by atoms with Gasteiger partial charge in [-0.1, -0.05) is 12.1 Å². The van der Waals surface area contributed by atoms with Gasteiger partial charge in [-0.25, -0.2) is 4.39 Å². The van der Waals surface area contributed by atoms with E-state index in [0.29, 0.717) is 29.3 Å². The zero-order chi connectivity index (χ0) is 18.4. The van der Waals surface area contributed by atoms with E-state index < -0.39 is 0 Å². The molecule has 0 aliphatic heterocycles. The fraction of sp³-hybridized carbons (Fsp3) is 0.316. The van der Waals surface area contributed by atoms with E-state index >= 15 is 0 Å². The molecule has 2 aromatic rings. The Bertz CT molecular complexity index is 749. The van der Waals surface area contributed by atoms with Crippen LogP contribution in [-0.4, -0.2) is 38.6 Å². The van der Waals surface area contributed by atoms with Crippen LogP contribution in [0, 0.1) is 12.7 Å². The number of hydrogen-bond acceptors (Lipinski definition) is 4. The maximum atomic E-state index is 13.5. The van der Waals surface area contributed by atoms with Crippen LogP contribution in [0.5, 0.6) is 11.5 Å². The van der Waals surface area contributed by atoms with E-state index in [1.54, 1.807) is 39.3 Å². The van der Waals surface area contributed by atoms with Crippen molar-refractivity contribution in [3.8, 4) is 11.5 Å². The average molecular weight is 346 g/mol. The highest BCUT2D eigenvalue weighted by Gasteiger charge is 2.12. The maximum Gasteiger partial charge on any atom is 0.238 e. The van der Waals surface area contributed by atoms with Crippen molar-refractivity contribution in [3.63, 3.8) is 0 Å². The van der Waals surface area contributed by atoms with E-state index in [9.17, 15) is 9.18 Å². The van der Waals surface area contributed by atoms with E-state index in [4.69, 9.17) is 9.47 Å². The minimum Gasteiger partial charge on any atom is -0.497 e. The Labute approximate surface area is 147 Å².